The number of rotatable bonds is 4. The number of hydrogen-bond donors (Lipinski definition) is 2. The third-order valence-corrected chi connectivity index (χ3v) is 5.04. The van der Waals surface area contributed by atoms with E-state index < -0.39 is 5.91 Å². The third kappa shape index (κ3) is 2.95. The van der Waals surface area contributed by atoms with Gasteiger partial charge in [-0.1, -0.05) is 0 Å². The maximum absolute atomic E-state index is 12.3. The van der Waals surface area contributed by atoms with Crippen molar-refractivity contribution in [1.82, 2.24) is 4.98 Å². The van der Waals surface area contributed by atoms with Crippen LogP contribution in [0.2, 0.25) is 0 Å². The molecule has 0 bridgehead atoms. The normalized spacial score (nSPS) is 15.9. The fourth-order valence-corrected chi connectivity index (χ4v) is 3.73. The maximum Gasteiger partial charge on any atom is 0.291 e. The van der Waals surface area contributed by atoms with Crippen LogP contribution in [0.1, 0.15) is 33.5 Å². The maximum atomic E-state index is 12.3. The van der Waals surface area contributed by atoms with Gasteiger partial charge in [-0.05, 0) is 29.8 Å². The summed E-state index contributed by atoms with van der Waals surface area (Å²) in [5, 5.41) is 8.37. The van der Waals surface area contributed by atoms with Crippen LogP contribution in [0.15, 0.2) is 46.5 Å². The van der Waals surface area contributed by atoms with E-state index in [1.807, 2.05) is 11.4 Å². The van der Waals surface area contributed by atoms with E-state index in [0.717, 1.165) is 10.6 Å². The fourth-order valence-electron chi connectivity index (χ4n) is 2.97. The van der Waals surface area contributed by atoms with Crippen LogP contribution in [-0.4, -0.2) is 23.9 Å². The van der Waals surface area contributed by atoms with Crippen molar-refractivity contribution in [2.75, 3.05) is 17.7 Å². The van der Waals surface area contributed by atoms with Gasteiger partial charge in [-0.15, -0.1) is 11.3 Å². The van der Waals surface area contributed by atoms with Gasteiger partial charge in [0.05, 0.1) is 19.1 Å². The summed E-state index contributed by atoms with van der Waals surface area (Å²) in [6.07, 6.45) is 3.47. The van der Waals surface area contributed by atoms with Gasteiger partial charge in [0.1, 0.15) is 10.8 Å². The molecule has 1 aliphatic rings. The molecule has 7 nitrogen and oxygen atoms in total. The molecule has 4 rings (SSSR count). The highest BCUT2D eigenvalue weighted by Crippen LogP contribution is 2.42. The van der Waals surface area contributed by atoms with Gasteiger partial charge in [0.15, 0.2) is 5.76 Å². The van der Waals surface area contributed by atoms with Crippen molar-refractivity contribution in [3.05, 3.63) is 58.4 Å². The Labute approximate surface area is 153 Å². The molecule has 3 heterocycles. The van der Waals surface area contributed by atoms with Gasteiger partial charge in [-0.3, -0.25) is 9.59 Å². The molecule has 1 atom stereocenters. The molecule has 132 valence electrons. The quantitative estimate of drug-likeness (QED) is 0.734. The van der Waals surface area contributed by atoms with E-state index in [2.05, 4.69) is 15.6 Å². The Morgan fingerprint density at radius 2 is 2.35 bits per heavy atom. The lowest BCUT2D eigenvalue weighted by molar-refractivity contribution is -0.116. The molecule has 0 saturated heterocycles. The smallest absolute Gasteiger partial charge is 0.291 e. The Morgan fingerprint density at radius 3 is 3.04 bits per heavy atom. The minimum atomic E-state index is -0.396. The molecule has 3 aromatic rings. The number of nitrogens with one attached hydrogen (secondary N) is 2. The van der Waals surface area contributed by atoms with Crippen LogP contribution in [0, 0.1) is 0 Å². The molecule has 26 heavy (non-hydrogen) atoms. The monoisotopic (exact) mass is 369 g/mol. The predicted molar refractivity (Wildman–Crippen MR) is 96.9 cm³/mol. The van der Waals surface area contributed by atoms with E-state index in [-0.39, 0.29) is 17.6 Å². The predicted octanol–water partition coefficient (Wildman–Crippen LogP) is 3.47. The summed E-state index contributed by atoms with van der Waals surface area (Å²) in [5.41, 5.74) is 2.00. The average Bonchev–Trinajstić information content (AvgIpc) is 3.34. The Kier molecular flexibility index (Phi) is 4.18. The lowest BCUT2D eigenvalue weighted by Crippen LogP contribution is -2.24. The summed E-state index contributed by atoms with van der Waals surface area (Å²) < 4.78 is 10.6. The van der Waals surface area contributed by atoms with Crippen molar-refractivity contribution in [3.63, 3.8) is 0 Å². The van der Waals surface area contributed by atoms with Crippen molar-refractivity contribution < 1.29 is 18.7 Å². The summed E-state index contributed by atoms with van der Waals surface area (Å²) in [6.45, 7) is 0. The van der Waals surface area contributed by atoms with E-state index in [4.69, 9.17) is 9.15 Å². The molecule has 2 amide bonds. The average molecular weight is 369 g/mol. The van der Waals surface area contributed by atoms with Gasteiger partial charge >= 0.3 is 0 Å². The van der Waals surface area contributed by atoms with Gasteiger partial charge < -0.3 is 19.8 Å². The second-order valence-corrected chi connectivity index (χ2v) is 6.67. The second-order valence-electron chi connectivity index (χ2n) is 5.75. The molecule has 0 spiro atoms. The van der Waals surface area contributed by atoms with Gasteiger partial charge in [0.25, 0.3) is 5.91 Å². The molecule has 0 radical (unpaired) electrons. The number of amides is 2. The van der Waals surface area contributed by atoms with Crippen molar-refractivity contribution in [2.45, 2.75) is 12.3 Å². The van der Waals surface area contributed by atoms with Gasteiger partial charge in [0, 0.05) is 29.6 Å². The molecule has 0 fully saturated rings. The lowest BCUT2D eigenvalue weighted by atomic mass is 9.90. The van der Waals surface area contributed by atoms with Gasteiger partial charge in [-0.2, -0.15) is 0 Å². The van der Waals surface area contributed by atoms with E-state index in [1.54, 1.807) is 24.4 Å². The van der Waals surface area contributed by atoms with Crippen LogP contribution < -0.4 is 15.4 Å². The van der Waals surface area contributed by atoms with Crippen LogP contribution in [-0.2, 0) is 4.79 Å². The summed E-state index contributed by atoms with van der Waals surface area (Å²) in [6, 6.07) is 6.74. The molecule has 2 aromatic heterocycles. The summed E-state index contributed by atoms with van der Waals surface area (Å²) in [4.78, 5) is 28.8. The molecule has 0 saturated carbocycles. The van der Waals surface area contributed by atoms with Gasteiger partial charge in [0.2, 0.25) is 5.91 Å². The summed E-state index contributed by atoms with van der Waals surface area (Å²) in [5.74, 6) is 0.0661. The molecule has 1 aromatic carbocycles. The first kappa shape index (κ1) is 16.3. The standard InChI is InChI=1S/C18H15N3O4S/c1-24-15-7-10-11(18-19-4-6-26-18)8-16(22)20-12(10)9-13(15)21-17(23)14-3-2-5-25-14/h2-7,9,11H,8H2,1H3,(H,20,22)(H,21,23)/t11-/m0/s1. The van der Waals surface area contributed by atoms with E-state index in [1.165, 1.54) is 24.7 Å². The van der Waals surface area contributed by atoms with Crippen LogP contribution in [0.25, 0.3) is 0 Å². The third-order valence-electron chi connectivity index (χ3n) is 4.15. The number of carbonyl (C=O) groups excluding carboxylic acids is 2. The van der Waals surface area contributed by atoms with E-state index in [0.29, 0.717) is 23.5 Å². The molecule has 1 aliphatic heterocycles. The lowest BCUT2D eigenvalue weighted by Gasteiger charge is -2.26. The number of ether oxygens (including phenoxy) is 1. The first-order valence-corrected chi connectivity index (χ1v) is 8.79. The zero-order chi connectivity index (χ0) is 18.1. The number of methoxy groups -OCH3 is 1. The number of aromatic nitrogens is 1. The summed E-state index contributed by atoms with van der Waals surface area (Å²) >= 11 is 1.51. The zero-order valence-corrected chi connectivity index (χ0v) is 14.6. The SMILES string of the molecule is COc1cc2c(cc1NC(=O)c1ccco1)NC(=O)C[C@@H]2c1nccs1. The first-order valence-electron chi connectivity index (χ1n) is 7.91. The number of carbonyl (C=O) groups is 2. The highest BCUT2D eigenvalue weighted by molar-refractivity contribution is 7.09. The van der Waals surface area contributed by atoms with E-state index in [9.17, 15) is 9.59 Å². The van der Waals surface area contributed by atoms with Crippen molar-refractivity contribution in [3.8, 4) is 5.75 Å². The Bertz CT molecular complexity index is 951. The Morgan fingerprint density at radius 1 is 1.46 bits per heavy atom. The fraction of sp³-hybridized carbons (Fsp3) is 0.167. The van der Waals surface area contributed by atoms with Crippen LogP contribution in [0.5, 0.6) is 5.75 Å². The van der Waals surface area contributed by atoms with Crippen LogP contribution >= 0.6 is 11.3 Å². The molecular formula is C18H15N3O4S. The number of anilines is 2. The topological polar surface area (TPSA) is 93.5 Å². The number of nitrogens with zero attached hydrogens (tertiary/aromatic N) is 1. The van der Waals surface area contributed by atoms with E-state index >= 15 is 0 Å². The zero-order valence-electron chi connectivity index (χ0n) is 13.8. The molecular weight excluding hydrogens is 354 g/mol. The Hall–Kier alpha value is -3.13. The van der Waals surface area contributed by atoms with Crippen molar-refractivity contribution in [1.29, 1.82) is 0 Å². The summed E-state index contributed by atoms with van der Waals surface area (Å²) in [7, 11) is 1.53. The molecule has 0 unspecified atom stereocenters. The highest BCUT2D eigenvalue weighted by Gasteiger charge is 2.30. The molecule has 2 N–H and O–H groups in total. The number of benzene rings is 1. The van der Waals surface area contributed by atoms with Crippen molar-refractivity contribution >= 4 is 34.5 Å². The number of furan rings is 1. The molecule has 0 aliphatic carbocycles. The van der Waals surface area contributed by atoms with Crippen LogP contribution in [0.3, 0.4) is 0 Å². The Balaban J connectivity index is 1.73. The number of fused-ring (bicyclic) bond motifs is 1. The minimum absolute atomic E-state index is 0.0915. The van der Waals surface area contributed by atoms with Crippen LogP contribution in [0.4, 0.5) is 11.4 Å². The highest BCUT2D eigenvalue weighted by atomic mass is 32.1. The second kappa shape index (κ2) is 6.64. The first-order chi connectivity index (χ1) is 12.7. The van der Waals surface area contributed by atoms with Crippen molar-refractivity contribution in [2.24, 2.45) is 0 Å². The largest absolute Gasteiger partial charge is 0.495 e. The number of hydrogen-bond acceptors (Lipinski definition) is 6. The number of thiazole rings is 1. The minimum Gasteiger partial charge on any atom is -0.495 e. The molecule has 8 heteroatoms. The van der Waals surface area contributed by atoms with Gasteiger partial charge in [-0.25, -0.2) is 4.98 Å².